The van der Waals surface area contributed by atoms with Gasteiger partial charge in [-0.15, -0.1) is 0 Å². The van der Waals surface area contributed by atoms with Gasteiger partial charge in [-0.25, -0.2) is 0 Å². The predicted molar refractivity (Wildman–Crippen MR) is 51.5 cm³/mol. The maximum absolute atomic E-state index is 5.39. The van der Waals surface area contributed by atoms with E-state index in [0.29, 0.717) is 11.8 Å². The van der Waals surface area contributed by atoms with Crippen LogP contribution in [-0.2, 0) is 13.1 Å². The summed E-state index contributed by atoms with van der Waals surface area (Å²) in [5.74, 6) is 0.636. The number of hydrogen-bond donors (Lipinski definition) is 2. The van der Waals surface area contributed by atoms with Crippen molar-refractivity contribution in [3.63, 3.8) is 0 Å². The lowest BCUT2D eigenvalue weighted by Gasteiger charge is -1.87. The number of anilines is 2. The minimum absolute atomic E-state index is 0. The molecular formula is C8H14Cl2N6O2. The van der Waals surface area contributed by atoms with Crippen LogP contribution in [0.2, 0.25) is 0 Å². The van der Waals surface area contributed by atoms with E-state index in [-0.39, 0.29) is 24.8 Å². The van der Waals surface area contributed by atoms with Gasteiger partial charge in [-0.1, -0.05) is 9.36 Å². The molecule has 0 amide bonds. The molecule has 2 aromatic heterocycles. The fourth-order valence-corrected chi connectivity index (χ4v) is 1.35. The molecule has 0 fully saturated rings. The Bertz CT molecular complexity index is 418. The molecule has 0 aliphatic heterocycles. The van der Waals surface area contributed by atoms with E-state index in [1.165, 1.54) is 0 Å². The second-order valence-corrected chi connectivity index (χ2v) is 3.44. The zero-order chi connectivity index (χ0) is 11.4. The number of hydrogen-bond acceptors (Lipinski definition) is 6. The summed E-state index contributed by atoms with van der Waals surface area (Å²) in [6.07, 6.45) is 5.19. The number of aromatic nitrogens is 4. The first-order valence-corrected chi connectivity index (χ1v) is 4.98. The van der Waals surface area contributed by atoms with Gasteiger partial charge in [0.15, 0.2) is 13.1 Å². The molecule has 2 heterocycles. The molecule has 0 aliphatic carbocycles. The van der Waals surface area contributed by atoms with E-state index in [9.17, 15) is 0 Å². The van der Waals surface area contributed by atoms with Gasteiger partial charge in [0.2, 0.25) is 10.5 Å². The number of aryl methyl sites for hydroxylation is 2. The van der Waals surface area contributed by atoms with Crippen LogP contribution < -0.4 is 45.6 Å². The Morgan fingerprint density at radius 2 is 1.28 bits per heavy atom. The third-order valence-electron chi connectivity index (χ3n) is 2.08. The average Bonchev–Trinajstić information content (AvgIpc) is 2.83. The molecule has 2 aromatic rings. The Labute approximate surface area is 116 Å². The van der Waals surface area contributed by atoms with Crippen molar-refractivity contribution in [3.05, 3.63) is 12.4 Å². The highest BCUT2D eigenvalue weighted by Crippen LogP contribution is 1.95. The number of nitrogen functional groups attached to an aromatic ring is 2. The topological polar surface area (TPSA) is 112 Å². The van der Waals surface area contributed by atoms with Crippen molar-refractivity contribution in [2.45, 2.75) is 25.9 Å². The van der Waals surface area contributed by atoms with Gasteiger partial charge in [0.1, 0.15) is 0 Å². The van der Waals surface area contributed by atoms with Gasteiger partial charge in [-0.3, -0.25) is 9.05 Å². The smallest absolute Gasteiger partial charge is 0.293 e. The number of nitrogens with two attached hydrogens (primary N) is 2. The van der Waals surface area contributed by atoms with Gasteiger partial charge >= 0.3 is 0 Å². The molecular weight excluding hydrogens is 283 g/mol. The molecule has 0 aromatic carbocycles. The zero-order valence-corrected chi connectivity index (χ0v) is 11.0. The van der Waals surface area contributed by atoms with Gasteiger partial charge < -0.3 is 36.3 Å². The number of rotatable bonds is 5. The van der Waals surface area contributed by atoms with Crippen molar-refractivity contribution in [2.75, 3.05) is 11.5 Å². The van der Waals surface area contributed by atoms with E-state index in [1.54, 1.807) is 21.8 Å². The van der Waals surface area contributed by atoms with Crippen LogP contribution in [0, 0.1) is 0 Å². The largest absolute Gasteiger partial charge is 1.00 e. The molecule has 18 heavy (non-hydrogen) atoms. The first-order chi connectivity index (χ1) is 7.74. The lowest BCUT2D eigenvalue weighted by Crippen LogP contribution is -3.00. The van der Waals surface area contributed by atoms with Gasteiger partial charge in [0.25, 0.3) is 24.2 Å². The molecule has 0 saturated carbocycles. The van der Waals surface area contributed by atoms with Crippen LogP contribution in [-0.4, -0.2) is 10.5 Å². The molecule has 8 nitrogen and oxygen atoms in total. The Hall–Kier alpha value is -1.54. The molecule has 0 spiro atoms. The van der Waals surface area contributed by atoms with E-state index in [1.807, 2.05) is 0 Å². The van der Waals surface area contributed by atoms with Crippen LogP contribution in [0.25, 0.3) is 0 Å². The Kier molecular flexibility index (Phi) is 7.06. The quantitative estimate of drug-likeness (QED) is 0.419. The SMILES string of the molecule is Nc1c[n+](CCCC[n+]2cc(N)on2)no1.[Cl-].[Cl-]. The summed E-state index contributed by atoms with van der Waals surface area (Å²) in [6.45, 7) is 1.52. The summed E-state index contributed by atoms with van der Waals surface area (Å²) < 4.78 is 12.8. The Morgan fingerprint density at radius 1 is 0.889 bits per heavy atom. The van der Waals surface area contributed by atoms with Crippen LogP contribution >= 0.6 is 0 Å². The fraction of sp³-hybridized carbons (Fsp3) is 0.500. The lowest BCUT2D eigenvalue weighted by molar-refractivity contribution is -0.771. The maximum Gasteiger partial charge on any atom is 0.293 e. The summed E-state index contributed by atoms with van der Waals surface area (Å²) in [4.78, 5) is 0. The third kappa shape index (κ3) is 4.76. The third-order valence-corrected chi connectivity index (χ3v) is 2.08. The molecule has 4 N–H and O–H groups in total. The van der Waals surface area contributed by atoms with Crippen molar-refractivity contribution in [2.24, 2.45) is 0 Å². The lowest BCUT2D eigenvalue weighted by atomic mass is 10.3. The predicted octanol–water partition coefficient (Wildman–Crippen LogP) is -7.11. The monoisotopic (exact) mass is 296 g/mol. The summed E-state index contributed by atoms with van der Waals surface area (Å²) in [5.41, 5.74) is 10.8. The molecule has 0 aliphatic rings. The number of nitrogens with zero attached hydrogens (tertiary/aromatic N) is 4. The molecule has 102 valence electrons. The van der Waals surface area contributed by atoms with E-state index in [0.717, 1.165) is 25.9 Å². The van der Waals surface area contributed by atoms with E-state index in [2.05, 4.69) is 10.5 Å². The highest BCUT2D eigenvalue weighted by atomic mass is 35.5. The minimum Gasteiger partial charge on any atom is -1.00 e. The second-order valence-electron chi connectivity index (χ2n) is 3.44. The van der Waals surface area contributed by atoms with Gasteiger partial charge in [0, 0.05) is 12.8 Å². The summed E-state index contributed by atoms with van der Waals surface area (Å²) in [7, 11) is 0. The first kappa shape index (κ1) is 16.5. The molecule has 0 bridgehead atoms. The van der Waals surface area contributed by atoms with Gasteiger partial charge in [-0.05, 0) is 0 Å². The molecule has 10 heteroatoms. The summed E-state index contributed by atoms with van der Waals surface area (Å²) >= 11 is 0. The fourth-order valence-electron chi connectivity index (χ4n) is 1.35. The molecule has 0 radical (unpaired) electrons. The van der Waals surface area contributed by atoms with Crippen molar-refractivity contribution >= 4 is 11.8 Å². The standard InChI is InChI=1S/C8H14N6O2.2ClH/c9-7-5-13(11-15-7)3-1-2-4-14-6-8(10)16-12-14;;/h5-6H,1-4,9-10H2;2*1H/q+2;;/p-2. The van der Waals surface area contributed by atoms with Gasteiger partial charge in [0.05, 0.1) is 0 Å². The highest BCUT2D eigenvalue weighted by Gasteiger charge is 2.11. The highest BCUT2D eigenvalue weighted by molar-refractivity contribution is 5.11. The van der Waals surface area contributed by atoms with Crippen molar-refractivity contribution in [3.8, 4) is 0 Å². The molecule has 0 unspecified atom stereocenters. The van der Waals surface area contributed by atoms with Crippen molar-refractivity contribution in [1.82, 2.24) is 10.5 Å². The van der Waals surface area contributed by atoms with Crippen LogP contribution in [0.4, 0.5) is 11.8 Å². The maximum atomic E-state index is 5.39. The number of halogens is 2. The summed E-state index contributed by atoms with van der Waals surface area (Å²) in [6, 6.07) is 0. The second kappa shape index (κ2) is 7.72. The van der Waals surface area contributed by atoms with Crippen LogP contribution in [0.3, 0.4) is 0 Å². The van der Waals surface area contributed by atoms with E-state index < -0.39 is 0 Å². The average molecular weight is 297 g/mol. The first-order valence-electron chi connectivity index (χ1n) is 4.98. The Morgan fingerprint density at radius 3 is 1.56 bits per heavy atom. The van der Waals surface area contributed by atoms with Crippen LogP contribution in [0.1, 0.15) is 12.8 Å². The van der Waals surface area contributed by atoms with E-state index >= 15 is 0 Å². The van der Waals surface area contributed by atoms with E-state index in [4.69, 9.17) is 20.5 Å². The molecule has 0 saturated heterocycles. The Balaban J connectivity index is 0.00000144. The number of unbranched alkanes of at least 4 members (excludes halogenated alkanes) is 1. The van der Waals surface area contributed by atoms with Crippen molar-refractivity contribution in [1.29, 1.82) is 0 Å². The minimum atomic E-state index is 0. The van der Waals surface area contributed by atoms with Gasteiger partial charge in [-0.2, -0.15) is 0 Å². The zero-order valence-electron chi connectivity index (χ0n) is 9.50. The van der Waals surface area contributed by atoms with Crippen molar-refractivity contribution < 1.29 is 43.2 Å². The van der Waals surface area contributed by atoms with Crippen LogP contribution in [0.5, 0.6) is 0 Å². The van der Waals surface area contributed by atoms with Crippen LogP contribution in [0.15, 0.2) is 21.4 Å². The molecule has 2 rings (SSSR count). The normalized spacial score (nSPS) is 9.56. The summed E-state index contributed by atoms with van der Waals surface area (Å²) in [5, 5.41) is 7.44. The molecule has 0 atom stereocenters.